The van der Waals surface area contributed by atoms with E-state index in [0.717, 1.165) is 18.7 Å². The molecule has 0 atom stereocenters. The van der Waals surface area contributed by atoms with Gasteiger partial charge in [0.15, 0.2) is 0 Å². The Bertz CT molecular complexity index is 555. The first-order chi connectivity index (χ1) is 10.3. The van der Waals surface area contributed by atoms with Gasteiger partial charge >= 0.3 is 0 Å². The van der Waals surface area contributed by atoms with Crippen LogP contribution in [0.25, 0.3) is 0 Å². The predicted octanol–water partition coefficient (Wildman–Crippen LogP) is 2.81. The molecule has 0 radical (unpaired) electrons. The summed E-state index contributed by atoms with van der Waals surface area (Å²) in [4.78, 5) is 15.8. The van der Waals surface area contributed by atoms with Gasteiger partial charge in [-0.2, -0.15) is 0 Å². The summed E-state index contributed by atoms with van der Waals surface area (Å²) in [6.07, 6.45) is 2.89. The van der Waals surface area contributed by atoms with Crippen molar-refractivity contribution in [3.8, 4) is 11.6 Å². The number of aromatic nitrogens is 1. The first-order valence-electron chi connectivity index (χ1n) is 6.91. The average molecular weight is 285 g/mol. The van der Waals surface area contributed by atoms with Crippen LogP contribution in [-0.4, -0.2) is 24.5 Å². The van der Waals surface area contributed by atoms with Crippen molar-refractivity contribution in [1.29, 1.82) is 0 Å². The van der Waals surface area contributed by atoms with Gasteiger partial charge in [-0.1, -0.05) is 18.2 Å². The van der Waals surface area contributed by atoms with Crippen LogP contribution in [0.15, 0.2) is 48.7 Å². The Morgan fingerprint density at radius 1 is 1.19 bits per heavy atom. The van der Waals surface area contributed by atoms with E-state index in [1.165, 1.54) is 0 Å². The summed E-state index contributed by atoms with van der Waals surface area (Å²) < 4.78 is 5.59. The van der Waals surface area contributed by atoms with Gasteiger partial charge in [-0.15, -0.1) is 0 Å². The molecular formula is C16H19N3O2. The lowest BCUT2D eigenvalue weighted by Gasteiger charge is -2.07. The lowest BCUT2D eigenvalue weighted by atomic mass is 10.3. The fourth-order valence-corrected chi connectivity index (χ4v) is 1.77. The highest BCUT2D eigenvalue weighted by Gasteiger charge is 2.03. The zero-order valence-electron chi connectivity index (χ0n) is 12.0. The lowest BCUT2D eigenvalue weighted by Crippen LogP contribution is -2.15. The molecule has 0 aliphatic heterocycles. The van der Waals surface area contributed by atoms with Crippen LogP contribution in [0, 0.1) is 0 Å². The molecule has 2 N–H and O–H groups in total. The maximum absolute atomic E-state index is 11.7. The second kappa shape index (κ2) is 8.01. The Balaban J connectivity index is 1.85. The highest BCUT2D eigenvalue weighted by Crippen LogP contribution is 2.19. The summed E-state index contributed by atoms with van der Waals surface area (Å²) in [5.41, 5.74) is 0.671. The number of carbonyl (C=O) groups is 1. The van der Waals surface area contributed by atoms with E-state index in [9.17, 15) is 4.79 Å². The number of hydrogen-bond acceptors (Lipinski definition) is 4. The van der Waals surface area contributed by atoms with Gasteiger partial charge in [-0.05, 0) is 38.2 Å². The standard InChI is InChI=1S/C16H19N3O2/c1-17-11-5-8-15(20)19-13-9-10-16(18-12-13)21-14-6-3-2-4-7-14/h2-4,6-7,9-10,12,17H,5,8,11H2,1H3,(H,19,20). The minimum Gasteiger partial charge on any atom is -0.439 e. The molecule has 0 saturated heterocycles. The number of nitrogens with zero attached hydrogens (tertiary/aromatic N) is 1. The highest BCUT2D eigenvalue weighted by atomic mass is 16.5. The summed E-state index contributed by atoms with van der Waals surface area (Å²) >= 11 is 0. The second-order valence-electron chi connectivity index (χ2n) is 4.56. The zero-order valence-corrected chi connectivity index (χ0v) is 12.0. The normalized spacial score (nSPS) is 10.1. The Labute approximate surface area is 124 Å². The monoisotopic (exact) mass is 285 g/mol. The summed E-state index contributed by atoms with van der Waals surface area (Å²) in [7, 11) is 1.87. The van der Waals surface area contributed by atoms with Crippen LogP contribution in [0.5, 0.6) is 11.6 Å². The third-order valence-electron chi connectivity index (χ3n) is 2.82. The molecule has 1 aromatic heterocycles. The molecule has 1 amide bonds. The molecule has 2 aromatic rings. The van der Waals surface area contributed by atoms with Gasteiger partial charge in [0.25, 0.3) is 0 Å². The van der Waals surface area contributed by atoms with E-state index in [4.69, 9.17) is 4.74 Å². The SMILES string of the molecule is CNCCCC(=O)Nc1ccc(Oc2ccccc2)nc1. The lowest BCUT2D eigenvalue weighted by molar-refractivity contribution is -0.116. The third-order valence-corrected chi connectivity index (χ3v) is 2.82. The quantitative estimate of drug-likeness (QED) is 0.768. The van der Waals surface area contributed by atoms with E-state index in [-0.39, 0.29) is 5.91 Å². The van der Waals surface area contributed by atoms with Crippen molar-refractivity contribution in [2.75, 3.05) is 18.9 Å². The molecule has 0 fully saturated rings. The van der Waals surface area contributed by atoms with Crippen molar-refractivity contribution >= 4 is 11.6 Å². The van der Waals surface area contributed by atoms with Crippen molar-refractivity contribution in [2.45, 2.75) is 12.8 Å². The van der Waals surface area contributed by atoms with Gasteiger partial charge < -0.3 is 15.4 Å². The van der Waals surface area contributed by atoms with E-state index >= 15 is 0 Å². The van der Waals surface area contributed by atoms with Gasteiger partial charge in [0.1, 0.15) is 5.75 Å². The van der Waals surface area contributed by atoms with E-state index in [2.05, 4.69) is 15.6 Å². The summed E-state index contributed by atoms with van der Waals surface area (Å²) in [5.74, 6) is 1.21. The van der Waals surface area contributed by atoms with Crippen molar-refractivity contribution in [2.24, 2.45) is 0 Å². The molecule has 0 bridgehead atoms. The number of rotatable bonds is 7. The van der Waals surface area contributed by atoms with Crippen LogP contribution in [0.3, 0.4) is 0 Å². The molecule has 2 rings (SSSR count). The highest BCUT2D eigenvalue weighted by molar-refractivity contribution is 5.90. The van der Waals surface area contributed by atoms with Crippen molar-refractivity contribution in [3.63, 3.8) is 0 Å². The number of pyridine rings is 1. The minimum absolute atomic E-state index is 0.0104. The molecule has 21 heavy (non-hydrogen) atoms. The van der Waals surface area contributed by atoms with Crippen molar-refractivity contribution in [1.82, 2.24) is 10.3 Å². The van der Waals surface area contributed by atoms with Crippen LogP contribution in [0.2, 0.25) is 0 Å². The number of carbonyl (C=O) groups excluding carboxylic acids is 1. The number of hydrogen-bond donors (Lipinski definition) is 2. The molecular weight excluding hydrogens is 266 g/mol. The number of amides is 1. The molecule has 0 unspecified atom stereocenters. The van der Waals surface area contributed by atoms with Gasteiger partial charge in [0.05, 0.1) is 11.9 Å². The number of ether oxygens (including phenoxy) is 1. The molecule has 1 heterocycles. The molecule has 0 spiro atoms. The van der Waals surface area contributed by atoms with Gasteiger partial charge in [-0.3, -0.25) is 4.79 Å². The summed E-state index contributed by atoms with van der Waals surface area (Å²) in [6.45, 7) is 0.829. The van der Waals surface area contributed by atoms with Gasteiger partial charge in [0.2, 0.25) is 11.8 Å². The molecule has 1 aromatic carbocycles. The Morgan fingerprint density at radius 3 is 2.67 bits per heavy atom. The van der Waals surface area contributed by atoms with Gasteiger partial charge in [-0.25, -0.2) is 4.98 Å². The fourth-order valence-electron chi connectivity index (χ4n) is 1.77. The number of para-hydroxylation sites is 1. The topological polar surface area (TPSA) is 63.2 Å². The minimum atomic E-state index is -0.0104. The van der Waals surface area contributed by atoms with Crippen molar-refractivity contribution < 1.29 is 9.53 Å². The van der Waals surface area contributed by atoms with Crippen LogP contribution >= 0.6 is 0 Å². The maximum atomic E-state index is 11.7. The van der Waals surface area contributed by atoms with Crippen LogP contribution in [-0.2, 0) is 4.79 Å². The molecule has 5 nitrogen and oxygen atoms in total. The maximum Gasteiger partial charge on any atom is 0.224 e. The number of anilines is 1. The summed E-state index contributed by atoms with van der Waals surface area (Å²) in [6, 6.07) is 13.0. The van der Waals surface area contributed by atoms with E-state index < -0.39 is 0 Å². The molecule has 0 saturated carbocycles. The molecule has 0 aliphatic carbocycles. The van der Waals surface area contributed by atoms with E-state index in [0.29, 0.717) is 18.0 Å². The number of nitrogens with one attached hydrogen (secondary N) is 2. The smallest absolute Gasteiger partial charge is 0.224 e. The third kappa shape index (κ3) is 5.24. The predicted molar refractivity (Wildman–Crippen MR) is 82.5 cm³/mol. The van der Waals surface area contributed by atoms with Crippen LogP contribution in [0.4, 0.5) is 5.69 Å². The number of benzene rings is 1. The van der Waals surface area contributed by atoms with Crippen LogP contribution < -0.4 is 15.4 Å². The first-order valence-corrected chi connectivity index (χ1v) is 6.91. The van der Waals surface area contributed by atoms with Gasteiger partial charge in [0, 0.05) is 12.5 Å². The Kier molecular flexibility index (Phi) is 5.72. The Morgan fingerprint density at radius 2 is 2.00 bits per heavy atom. The average Bonchev–Trinajstić information content (AvgIpc) is 2.51. The molecule has 110 valence electrons. The Hall–Kier alpha value is -2.40. The van der Waals surface area contributed by atoms with Crippen LogP contribution in [0.1, 0.15) is 12.8 Å². The first kappa shape index (κ1) is 15.0. The molecule has 5 heteroatoms. The van der Waals surface area contributed by atoms with E-state index in [1.54, 1.807) is 18.3 Å². The largest absolute Gasteiger partial charge is 0.439 e. The fraction of sp³-hybridized carbons (Fsp3) is 0.250. The molecule has 0 aliphatic rings. The van der Waals surface area contributed by atoms with Crippen molar-refractivity contribution in [3.05, 3.63) is 48.7 Å². The second-order valence-corrected chi connectivity index (χ2v) is 4.56. The zero-order chi connectivity index (χ0) is 14.9. The summed E-state index contributed by atoms with van der Waals surface area (Å²) in [5, 5.41) is 5.82. The van der Waals surface area contributed by atoms with E-state index in [1.807, 2.05) is 37.4 Å².